The van der Waals surface area contributed by atoms with E-state index in [1.54, 1.807) is 0 Å². The van der Waals surface area contributed by atoms with Gasteiger partial charge in [-0.1, -0.05) is 32.9 Å². The van der Waals surface area contributed by atoms with Crippen molar-refractivity contribution >= 4 is 5.91 Å². The summed E-state index contributed by atoms with van der Waals surface area (Å²) in [6.45, 7) is 17.8. The van der Waals surface area contributed by atoms with Crippen molar-refractivity contribution in [1.82, 2.24) is 15.1 Å². The number of carbonyl (C=O) groups excluding carboxylic acids is 1. The van der Waals surface area contributed by atoms with E-state index in [1.165, 1.54) is 0 Å². The van der Waals surface area contributed by atoms with Crippen LogP contribution in [0, 0.1) is 6.92 Å². The van der Waals surface area contributed by atoms with E-state index in [0.29, 0.717) is 12.5 Å². The number of carbonyl (C=O) groups is 1. The molecular weight excluding hydrogens is 338 g/mol. The first-order valence-electron chi connectivity index (χ1n) is 10.4. The lowest BCUT2D eigenvalue weighted by molar-refractivity contribution is -0.127. The smallest absolute Gasteiger partial charge is 0.260 e. The molecule has 1 atom stereocenters. The van der Waals surface area contributed by atoms with Crippen molar-refractivity contribution < 1.29 is 9.53 Å². The summed E-state index contributed by atoms with van der Waals surface area (Å²) >= 11 is 0. The lowest BCUT2D eigenvalue weighted by Gasteiger charge is -2.34. The van der Waals surface area contributed by atoms with Crippen LogP contribution in [0.1, 0.15) is 51.2 Å². The number of rotatable bonds is 9. The summed E-state index contributed by atoms with van der Waals surface area (Å²) in [6, 6.07) is 6.21. The molecule has 0 bridgehead atoms. The number of piperazine rings is 1. The minimum absolute atomic E-state index is 0.0398. The van der Waals surface area contributed by atoms with E-state index in [0.717, 1.165) is 62.6 Å². The number of hydrogen-bond acceptors (Lipinski definition) is 4. The van der Waals surface area contributed by atoms with Crippen LogP contribution in [0.5, 0.6) is 5.75 Å². The van der Waals surface area contributed by atoms with Crippen molar-refractivity contribution in [3.8, 4) is 5.75 Å². The fourth-order valence-electron chi connectivity index (χ4n) is 3.45. The molecule has 0 saturated carbocycles. The van der Waals surface area contributed by atoms with E-state index in [9.17, 15) is 4.79 Å². The lowest BCUT2D eigenvalue weighted by atomic mass is 10.0. The number of likely N-dealkylation sites (N-methyl/N-ethyl adjacent to an activating group) is 1. The molecular formula is C22H37N3O2. The Morgan fingerprint density at radius 2 is 1.81 bits per heavy atom. The summed E-state index contributed by atoms with van der Waals surface area (Å²) in [4.78, 5) is 17.4. The van der Waals surface area contributed by atoms with Crippen LogP contribution in [0.2, 0.25) is 0 Å². The number of benzene rings is 1. The Hall–Kier alpha value is -1.59. The van der Waals surface area contributed by atoms with Gasteiger partial charge in [-0.15, -0.1) is 0 Å². The zero-order chi connectivity index (χ0) is 19.8. The van der Waals surface area contributed by atoms with Gasteiger partial charge in [0.1, 0.15) is 5.75 Å². The van der Waals surface area contributed by atoms with Crippen LogP contribution in [0.25, 0.3) is 0 Å². The van der Waals surface area contributed by atoms with Crippen LogP contribution in [-0.4, -0.2) is 67.6 Å². The average molecular weight is 376 g/mol. The molecule has 1 aromatic carbocycles. The third-order valence-corrected chi connectivity index (χ3v) is 5.33. The van der Waals surface area contributed by atoms with Crippen molar-refractivity contribution in [3.05, 3.63) is 29.3 Å². The van der Waals surface area contributed by atoms with Gasteiger partial charge in [-0.05, 0) is 56.5 Å². The Balaban J connectivity index is 1.72. The molecule has 1 N–H and O–H groups in total. The first kappa shape index (κ1) is 21.7. The van der Waals surface area contributed by atoms with E-state index in [-0.39, 0.29) is 5.91 Å². The van der Waals surface area contributed by atoms with Gasteiger partial charge in [0, 0.05) is 32.7 Å². The molecule has 0 spiro atoms. The molecule has 1 fully saturated rings. The second kappa shape index (κ2) is 10.7. The first-order valence-corrected chi connectivity index (χ1v) is 10.4. The summed E-state index contributed by atoms with van der Waals surface area (Å²) in [5, 5.41) is 3.02. The molecule has 152 valence electrons. The van der Waals surface area contributed by atoms with Crippen LogP contribution < -0.4 is 10.1 Å². The summed E-state index contributed by atoms with van der Waals surface area (Å²) in [5.41, 5.74) is 2.29. The maximum Gasteiger partial charge on any atom is 0.260 e. The molecule has 0 radical (unpaired) electrons. The molecule has 5 nitrogen and oxygen atoms in total. The Bertz CT molecular complexity index is 595. The summed E-state index contributed by atoms with van der Waals surface area (Å²) in [6.07, 6.45) is 0.490. The third kappa shape index (κ3) is 6.82. The van der Waals surface area contributed by atoms with Gasteiger partial charge in [-0.2, -0.15) is 0 Å². The zero-order valence-electron chi connectivity index (χ0n) is 17.8. The second-order valence-corrected chi connectivity index (χ2v) is 7.88. The van der Waals surface area contributed by atoms with Crippen LogP contribution in [0.15, 0.2) is 18.2 Å². The highest BCUT2D eigenvalue weighted by Gasteiger charge is 2.18. The summed E-state index contributed by atoms with van der Waals surface area (Å²) in [5.74, 6) is 1.15. The molecule has 1 aromatic rings. The number of hydrogen-bond donors (Lipinski definition) is 1. The van der Waals surface area contributed by atoms with Gasteiger partial charge in [-0.3, -0.25) is 4.79 Å². The van der Waals surface area contributed by atoms with Crippen molar-refractivity contribution in [3.63, 3.8) is 0 Å². The van der Waals surface area contributed by atoms with Crippen molar-refractivity contribution in [2.24, 2.45) is 0 Å². The Morgan fingerprint density at radius 1 is 1.15 bits per heavy atom. The minimum Gasteiger partial charge on any atom is -0.481 e. The van der Waals surface area contributed by atoms with Crippen molar-refractivity contribution in [1.29, 1.82) is 0 Å². The van der Waals surface area contributed by atoms with Crippen LogP contribution >= 0.6 is 0 Å². The highest BCUT2D eigenvalue weighted by Crippen LogP contribution is 2.28. The fraction of sp³-hybridized carbons (Fsp3) is 0.682. The monoisotopic (exact) mass is 375 g/mol. The van der Waals surface area contributed by atoms with Crippen LogP contribution in [0.4, 0.5) is 0 Å². The van der Waals surface area contributed by atoms with Gasteiger partial charge in [0.05, 0.1) is 0 Å². The highest BCUT2D eigenvalue weighted by atomic mass is 16.5. The van der Waals surface area contributed by atoms with Gasteiger partial charge in [0.2, 0.25) is 0 Å². The lowest BCUT2D eigenvalue weighted by Crippen LogP contribution is -2.46. The molecule has 0 aromatic heterocycles. The molecule has 1 heterocycles. The molecule has 1 unspecified atom stereocenters. The van der Waals surface area contributed by atoms with Crippen LogP contribution in [-0.2, 0) is 4.79 Å². The first-order chi connectivity index (χ1) is 12.9. The summed E-state index contributed by atoms with van der Waals surface area (Å²) < 4.78 is 5.99. The minimum atomic E-state index is -0.489. The van der Waals surface area contributed by atoms with E-state index in [1.807, 2.05) is 19.9 Å². The molecule has 2 rings (SSSR count). The van der Waals surface area contributed by atoms with Gasteiger partial charge in [0.25, 0.3) is 5.91 Å². The maximum absolute atomic E-state index is 12.4. The third-order valence-electron chi connectivity index (χ3n) is 5.33. The van der Waals surface area contributed by atoms with E-state index < -0.39 is 6.10 Å². The van der Waals surface area contributed by atoms with Crippen molar-refractivity contribution in [2.45, 2.75) is 53.1 Å². The van der Waals surface area contributed by atoms with Gasteiger partial charge in [0.15, 0.2) is 6.10 Å². The zero-order valence-corrected chi connectivity index (χ0v) is 17.8. The number of ether oxygens (including phenoxy) is 1. The molecule has 5 heteroatoms. The predicted molar refractivity (Wildman–Crippen MR) is 112 cm³/mol. The Labute approximate surface area is 165 Å². The molecule has 1 aliphatic heterocycles. The van der Waals surface area contributed by atoms with Crippen LogP contribution in [0.3, 0.4) is 0 Å². The van der Waals surface area contributed by atoms with Gasteiger partial charge < -0.3 is 19.9 Å². The summed E-state index contributed by atoms with van der Waals surface area (Å²) in [7, 11) is 0. The molecule has 27 heavy (non-hydrogen) atoms. The second-order valence-electron chi connectivity index (χ2n) is 7.88. The van der Waals surface area contributed by atoms with Crippen molar-refractivity contribution in [2.75, 3.05) is 45.8 Å². The SMILES string of the molecule is CCN1CCN(CCCNC(=O)C(C)Oc2cc(C)ccc2C(C)C)CC1. The van der Waals surface area contributed by atoms with Gasteiger partial charge in [-0.25, -0.2) is 0 Å². The van der Waals surface area contributed by atoms with E-state index >= 15 is 0 Å². The average Bonchev–Trinajstić information content (AvgIpc) is 2.65. The number of aryl methyl sites for hydroxylation is 1. The molecule has 1 saturated heterocycles. The highest BCUT2D eigenvalue weighted by molar-refractivity contribution is 5.80. The number of nitrogens with one attached hydrogen (secondary N) is 1. The molecule has 1 aliphatic rings. The molecule has 1 amide bonds. The normalized spacial score (nSPS) is 17.1. The number of amides is 1. The molecule has 0 aliphatic carbocycles. The van der Waals surface area contributed by atoms with E-state index in [4.69, 9.17) is 4.74 Å². The maximum atomic E-state index is 12.4. The Morgan fingerprint density at radius 3 is 2.44 bits per heavy atom. The largest absolute Gasteiger partial charge is 0.481 e. The fourth-order valence-corrected chi connectivity index (χ4v) is 3.45. The quantitative estimate of drug-likeness (QED) is 0.674. The predicted octanol–water partition coefficient (Wildman–Crippen LogP) is 3.03. The Kier molecular flexibility index (Phi) is 8.58. The standard InChI is InChI=1S/C22H37N3O2/c1-6-24-12-14-25(15-13-24)11-7-10-23-22(26)19(5)27-21-16-18(4)8-9-20(21)17(2)3/h8-9,16-17,19H,6-7,10-15H2,1-5H3,(H,23,26). The van der Waals surface area contributed by atoms with Gasteiger partial charge >= 0.3 is 0 Å². The number of nitrogens with zero attached hydrogens (tertiary/aromatic N) is 2. The topological polar surface area (TPSA) is 44.8 Å². The van der Waals surface area contributed by atoms with E-state index in [2.05, 4.69) is 48.0 Å².